The Morgan fingerprint density at radius 3 is 2.89 bits per heavy atom. The molecule has 0 saturated heterocycles. The molecule has 1 fully saturated rings. The van der Waals surface area contributed by atoms with E-state index < -0.39 is 0 Å². The van der Waals surface area contributed by atoms with Gasteiger partial charge < -0.3 is 15.4 Å². The van der Waals surface area contributed by atoms with E-state index in [1.54, 1.807) is 0 Å². The standard InChI is InChI=1S/C14H20BrN3O/c1-18(7-8-19-9-10-5-6-10)12-4-2-3-11(15)13(12)14(16)17/h2-4,10H,5-9H2,1H3,(H3,16,17). The smallest absolute Gasteiger partial charge is 0.126 e. The number of ether oxygens (including phenoxy) is 1. The number of likely N-dealkylation sites (N-methyl/N-ethyl adjacent to an activating group) is 1. The lowest BCUT2D eigenvalue weighted by Gasteiger charge is -2.22. The highest BCUT2D eigenvalue weighted by Gasteiger charge is 2.21. The van der Waals surface area contributed by atoms with Crippen LogP contribution in [0.4, 0.5) is 5.69 Å². The monoisotopic (exact) mass is 325 g/mol. The summed E-state index contributed by atoms with van der Waals surface area (Å²) in [6.07, 6.45) is 2.63. The molecule has 0 spiro atoms. The zero-order valence-corrected chi connectivity index (χ0v) is 12.7. The maximum absolute atomic E-state index is 7.68. The number of nitrogens with zero attached hydrogens (tertiary/aromatic N) is 1. The van der Waals surface area contributed by atoms with Crippen molar-refractivity contribution in [3.05, 3.63) is 28.2 Å². The van der Waals surface area contributed by atoms with E-state index in [4.69, 9.17) is 15.9 Å². The molecule has 1 aromatic carbocycles. The first-order valence-electron chi connectivity index (χ1n) is 6.51. The fourth-order valence-electron chi connectivity index (χ4n) is 1.95. The van der Waals surface area contributed by atoms with Crippen molar-refractivity contribution in [3.8, 4) is 0 Å². The summed E-state index contributed by atoms with van der Waals surface area (Å²) in [5.74, 6) is 0.872. The van der Waals surface area contributed by atoms with Crippen LogP contribution in [-0.4, -0.2) is 32.6 Å². The van der Waals surface area contributed by atoms with Crippen molar-refractivity contribution in [3.63, 3.8) is 0 Å². The Balaban J connectivity index is 1.95. The predicted molar refractivity (Wildman–Crippen MR) is 82.0 cm³/mol. The maximum atomic E-state index is 7.68. The van der Waals surface area contributed by atoms with Crippen molar-refractivity contribution >= 4 is 27.5 Å². The zero-order valence-electron chi connectivity index (χ0n) is 11.2. The van der Waals surface area contributed by atoms with Crippen LogP contribution in [0.3, 0.4) is 0 Å². The summed E-state index contributed by atoms with van der Waals surface area (Å²) in [6.45, 7) is 2.38. The van der Waals surface area contributed by atoms with Crippen molar-refractivity contribution in [2.75, 3.05) is 31.7 Å². The van der Waals surface area contributed by atoms with E-state index in [1.807, 2.05) is 25.2 Å². The van der Waals surface area contributed by atoms with Gasteiger partial charge in [-0.15, -0.1) is 0 Å². The topological polar surface area (TPSA) is 62.3 Å². The lowest BCUT2D eigenvalue weighted by molar-refractivity contribution is 0.131. The van der Waals surface area contributed by atoms with Crippen LogP contribution >= 0.6 is 15.9 Å². The van der Waals surface area contributed by atoms with Gasteiger partial charge in [0, 0.05) is 30.4 Å². The molecule has 1 aromatic rings. The van der Waals surface area contributed by atoms with Gasteiger partial charge in [-0.25, -0.2) is 0 Å². The van der Waals surface area contributed by atoms with Crippen molar-refractivity contribution in [1.82, 2.24) is 0 Å². The number of amidine groups is 1. The van der Waals surface area contributed by atoms with Gasteiger partial charge >= 0.3 is 0 Å². The first-order chi connectivity index (χ1) is 9.09. The van der Waals surface area contributed by atoms with Crippen molar-refractivity contribution in [2.45, 2.75) is 12.8 Å². The van der Waals surface area contributed by atoms with Gasteiger partial charge in [0.2, 0.25) is 0 Å². The molecule has 0 radical (unpaired) electrons. The third kappa shape index (κ3) is 3.94. The Kier molecular flexibility index (Phi) is 4.82. The SMILES string of the molecule is CN(CCOCC1CC1)c1cccc(Br)c1C(=N)N. The number of nitrogens with two attached hydrogens (primary N) is 1. The van der Waals surface area contributed by atoms with Crippen LogP contribution in [0.2, 0.25) is 0 Å². The van der Waals surface area contributed by atoms with Gasteiger partial charge in [-0.05, 0) is 46.8 Å². The molecule has 0 aromatic heterocycles. The Morgan fingerprint density at radius 1 is 1.53 bits per heavy atom. The quantitative estimate of drug-likeness (QED) is 0.460. The number of hydrogen-bond donors (Lipinski definition) is 2. The number of hydrogen-bond acceptors (Lipinski definition) is 3. The second kappa shape index (κ2) is 6.39. The first-order valence-corrected chi connectivity index (χ1v) is 7.30. The fourth-order valence-corrected chi connectivity index (χ4v) is 2.52. The summed E-state index contributed by atoms with van der Waals surface area (Å²) in [7, 11) is 1.99. The third-order valence-corrected chi connectivity index (χ3v) is 3.95. The number of benzene rings is 1. The van der Waals surface area contributed by atoms with Crippen LogP contribution in [0.1, 0.15) is 18.4 Å². The molecule has 1 aliphatic carbocycles. The molecular weight excluding hydrogens is 306 g/mol. The van der Waals surface area contributed by atoms with E-state index >= 15 is 0 Å². The Labute approximate surface area is 122 Å². The fraction of sp³-hybridized carbons (Fsp3) is 0.500. The highest BCUT2D eigenvalue weighted by Crippen LogP contribution is 2.29. The molecule has 1 saturated carbocycles. The minimum absolute atomic E-state index is 0.0771. The van der Waals surface area contributed by atoms with Crippen LogP contribution in [0, 0.1) is 11.3 Å². The van der Waals surface area contributed by atoms with E-state index in [1.165, 1.54) is 12.8 Å². The zero-order chi connectivity index (χ0) is 13.8. The highest BCUT2D eigenvalue weighted by atomic mass is 79.9. The Bertz CT molecular complexity index is 460. The van der Waals surface area contributed by atoms with E-state index in [9.17, 15) is 0 Å². The maximum Gasteiger partial charge on any atom is 0.126 e. The van der Waals surface area contributed by atoms with Gasteiger partial charge in [0.15, 0.2) is 0 Å². The number of nitrogens with one attached hydrogen (secondary N) is 1. The second-order valence-corrected chi connectivity index (χ2v) is 5.84. The van der Waals surface area contributed by atoms with E-state index in [0.717, 1.165) is 34.8 Å². The Hall–Kier alpha value is -1.07. The second-order valence-electron chi connectivity index (χ2n) is 4.99. The minimum Gasteiger partial charge on any atom is -0.384 e. The van der Waals surface area contributed by atoms with Crippen LogP contribution in [0.25, 0.3) is 0 Å². The predicted octanol–water partition coefficient (Wildman–Crippen LogP) is 2.60. The molecule has 19 heavy (non-hydrogen) atoms. The summed E-state index contributed by atoms with van der Waals surface area (Å²) in [5.41, 5.74) is 7.35. The van der Waals surface area contributed by atoms with Gasteiger partial charge in [0.25, 0.3) is 0 Å². The average molecular weight is 326 g/mol. The lowest BCUT2D eigenvalue weighted by Crippen LogP contribution is -2.26. The van der Waals surface area contributed by atoms with Crippen molar-refractivity contribution in [1.29, 1.82) is 5.41 Å². The normalized spacial score (nSPS) is 14.4. The van der Waals surface area contributed by atoms with E-state index in [0.29, 0.717) is 6.61 Å². The minimum atomic E-state index is 0.0771. The number of halogens is 1. The van der Waals surface area contributed by atoms with E-state index in [-0.39, 0.29) is 5.84 Å². The number of nitrogen functional groups attached to an aromatic ring is 1. The van der Waals surface area contributed by atoms with Gasteiger partial charge in [0.05, 0.1) is 12.2 Å². The molecule has 1 aliphatic rings. The summed E-state index contributed by atoms with van der Waals surface area (Å²) >= 11 is 3.45. The molecule has 0 unspecified atom stereocenters. The van der Waals surface area contributed by atoms with E-state index in [2.05, 4.69) is 20.8 Å². The highest BCUT2D eigenvalue weighted by molar-refractivity contribution is 9.10. The molecule has 0 aliphatic heterocycles. The molecule has 5 heteroatoms. The number of rotatable bonds is 7. The van der Waals surface area contributed by atoms with Crippen LogP contribution in [0.5, 0.6) is 0 Å². The van der Waals surface area contributed by atoms with Gasteiger partial charge in [0.1, 0.15) is 5.84 Å². The first kappa shape index (κ1) is 14.3. The van der Waals surface area contributed by atoms with Crippen LogP contribution < -0.4 is 10.6 Å². The van der Waals surface area contributed by atoms with Gasteiger partial charge in [-0.1, -0.05) is 6.07 Å². The van der Waals surface area contributed by atoms with Crippen molar-refractivity contribution in [2.24, 2.45) is 11.7 Å². The lowest BCUT2D eigenvalue weighted by atomic mass is 10.1. The molecule has 2 rings (SSSR count). The number of anilines is 1. The van der Waals surface area contributed by atoms with Crippen molar-refractivity contribution < 1.29 is 4.74 Å². The molecule has 104 valence electrons. The average Bonchev–Trinajstić information content (AvgIpc) is 3.17. The third-order valence-electron chi connectivity index (χ3n) is 3.29. The molecule has 0 atom stereocenters. The largest absolute Gasteiger partial charge is 0.384 e. The summed E-state index contributed by atoms with van der Waals surface area (Å²) in [6, 6.07) is 5.83. The van der Waals surface area contributed by atoms with Gasteiger partial charge in [-0.3, -0.25) is 5.41 Å². The van der Waals surface area contributed by atoms with Crippen LogP contribution in [0.15, 0.2) is 22.7 Å². The molecule has 0 bridgehead atoms. The molecule has 4 nitrogen and oxygen atoms in total. The molecular formula is C14H20BrN3O. The molecule has 0 amide bonds. The summed E-state index contributed by atoms with van der Waals surface area (Å²) < 4.78 is 6.49. The Morgan fingerprint density at radius 2 is 2.26 bits per heavy atom. The van der Waals surface area contributed by atoms with Crippen LogP contribution in [-0.2, 0) is 4.74 Å². The summed E-state index contributed by atoms with van der Waals surface area (Å²) in [4.78, 5) is 2.08. The summed E-state index contributed by atoms with van der Waals surface area (Å²) in [5, 5.41) is 7.68. The molecule has 0 heterocycles. The molecule has 3 N–H and O–H groups in total. The van der Waals surface area contributed by atoms with Gasteiger partial charge in [-0.2, -0.15) is 0 Å².